The van der Waals surface area contributed by atoms with Crippen LogP contribution in [0.4, 0.5) is 0 Å². The number of ether oxygens (including phenoxy) is 1. The summed E-state index contributed by atoms with van der Waals surface area (Å²) in [6, 6.07) is 42.3. The van der Waals surface area contributed by atoms with Gasteiger partial charge in [0, 0.05) is 61.9 Å². The Balaban J connectivity index is 0.000000226. The third kappa shape index (κ3) is 8.42. The summed E-state index contributed by atoms with van der Waals surface area (Å²) in [7, 11) is 8.82. The Morgan fingerprint density at radius 3 is 2.00 bits per heavy atom. The summed E-state index contributed by atoms with van der Waals surface area (Å²) < 4.78 is 16.0. The first-order valence-electron chi connectivity index (χ1n) is 20.2. The van der Waals surface area contributed by atoms with Gasteiger partial charge in [-0.05, 0) is 59.5 Å². The molecular formula is C54H51IrN3O2Si-2. The van der Waals surface area contributed by atoms with E-state index in [9.17, 15) is 0 Å². The predicted molar refractivity (Wildman–Crippen MR) is 252 cm³/mol. The molecule has 0 atom stereocenters. The molecule has 0 N–H and O–H groups in total. The molecule has 0 aliphatic rings. The number of furan rings is 1. The number of benzene rings is 5. The average molecular weight is 994 g/mol. The van der Waals surface area contributed by atoms with Crippen LogP contribution in [0.2, 0.25) is 19.6 Å². The van der Waals surface area contributed by atoms with Crippen molar-refractivity contribution in [3.05, 3.63) is 190 Å². The first-order valence-corrected chi connectivity index (χ1v) is 23.7. The summed E-state index contributed by atoms with van der Waals surface area (Å²) in [5, 5.41) is 5.90. The van der Waals surface area contributed by atoms with E-state index >= 15 is 0 Å². The van der Waals surface area contributed by atoms with Crippen LogP contribution >= 0.6 is 0 Å². The number of aryl methyl sites for hydroxylation is 3. The minimum absolute atomic E-state index is 0. The fourth-order valence-corrected chi connectivity index (χ4v) is 9.34. The minimum Gasteiger partial charge on any atom is -0.499 e. The number of methoxy groups -OCH3 is 1. The van der Waals surface area contributed by atoms with Gasteiger partial charge in [-0.1, -0.05) is 134 Å². The largest absolute Gasteiger partial charge is 0.499 e. The van der Waals surface area contributed by atoms with Crippen molar-refractivity contribution in [2.24, 2.45) is 0 Å². The Morgan fingerprint density at radius 2 is 1.30 bits per heavy atom. The van der Waals surface area contributed by atoms with Crippen molar-refractivity contribution in [2.45, 2.75) is 40.4 Å². The van der Waals surface area contributed by atoms with Crippen LogP contribution < -0.4 is 19.1 Å². The van der Waals surface area contributed by atoms with Gasteiger partial charge in [0.15, 0.2) is 0 Å². The number of hydrogen-bond donors (Lipinski definition) is 0. The summed E-state index contributed by atoms with van der Waals surface area (Å²) in [4.78, 5) is 4.55. The standard InChI is InChI=1S/C37H29N2O.C17H22NOSi.Ir/c1-22-16-23(2)35(33-20-27-10-6-7-11-29(27)21-39(33)5)37-34(22)32-15-9-14-31(36(32)40-37)28-13-8-12-26(19-28)30-17-24(3)38-25(4)18-30;1-13-7-8-14(19-3)11-16(13)17-10-9-15(12-18(17)2)20(4,5)6;/h6-21H,2,5H2,1,3-4H3;7-12H,1-2H2,3-6H3;/q2*-1;. The molecular weight excluding hydrogens is 943 g/mol. The molecule has 61 heavy (non-hydrogen) atoms. The smallest absolute Gasteiger partial charge is 0.141 e. The molecule has 0 unspecified atom stereocenters. The Bertz CT molecular complexity index is 3090. The topological polar surface area (TPSA) is 43.0 Å². The van der Waals surface area contributed by atoms with E-state index in [2.05, 4.69) is 169 Å². The quantitative estimate of drug-likeness (QED) is 0.0947. The number of pyridine rings is 3. The molecule has 5 aromatic carbocycles. The normalized spacial score (nSPS) is 11.3. The molecule has 0 saturated heterocycles. The molecule has 4 aromatic heterocycles. The second-order valence-electron chi connectivity index (χ2n) is 16.7. The third-order valence-electron chi connectivity index (χ3n) is 11.3. The van der Waals surface area contributed by atoms with Crippen LogP contribution in [0.25, 0.3) is 77.5 Å². The molecule has 1 radical (unpaired) electrons. The molecule has 5 nitrogen and oxygen atoms in total. The van der Waals surface area contributed by atoms with E-state index in [0.717, 1.165) is 106 Å². The molecule has 0 spiro atoms. The van der Waals surface area contributed by atoms with Crippen molar-refractivity contribution in [3.8, 4) is 50.5 Å². The summed E-state index contributed by atoms with van der Waals surface area (Å²) in [5.41, 5.74) is 15.4. The zero-order valence-corrected chi connectivity index (χ0v) is 39.4. The Morgan fingerprint density at radius 1 is 0.607 bits per heavy atom. The molecule has 0 bridgehead atoms. The molecule has 0 amide bonds. The summed E-state index contributed by atoms with van der Waals surface area (Å²) in [6.45, 7) is 21.7. The second kappa shape index (κ2) is 17.0. The number of rotatable bonds is 6. The van der Waals surface area contributed by atoms with E-state index < -0.39 is 8.07 Å². The molecule has 0 fully saturated rings. The Hall–Kier alpha value is -6.24. The molecule has 0 saturated carbocycles. The van der Waals surface area contributed by atoms with Crippen molar-refractivity contribution in [3.63, 3.8) is 0 Å². The van der Waals surface area contributed by atoms with Crippen LogP contribution in [-0.4, -0.2) is 20.2 Å². The van der Waals surface area contributed by atoms with Crippen LogP contribution in [-0.2, 0) is 20.1 Å². The van der Waals surface area contributed by atoms with E-state index in [1.54, 1.807) is 7.11 Å². The molecule has 309 valence electrons. The van der Waals surface area contributed by atoms with Crippen LogP contribution in [0.5, 0.6) is 5.75 Å². The van der Waals surface area contributed by atoms with Crippen molar-refractivity contribution in [2.75, 3.05) is 7.11 Å². The number of aromatic nitrogens is 3. The number of para-hydroxylation sites is 1. The Kier molecular flexibility index (Phi) is 12.0. The summed E-state index contributed by atoms with van der Waals surface area (Å²) in [6.07, 6.45) is 4.21. The monoisotopic (exact) mass is 994 g/mol. The average Bonchev–Trinajstić information content (AvgIpc) is 3.61. The predicted octanol–water partition coefficient (Wildman–Crippen LogP) is 12.2. The van der Waals surface area contributed by atoms with E-state index in [0.29, 0.717) is 0 Å². The van der Waals surface area contributed by atoms with E-state index in [-0.39, 0.29) is 20.1 Å². The molecule has 9 rings (SSSR count). The van der Waals surface area contributed by atoms with Gasteiger partial charge in [0.2, 0.25) is 0 Å². The van der Waals surface area contributed by atoms with Crippen LogP contribution in [0.3, 0.4) is 0 Å². The van der Waals surface area contributed by atoms with Gasteiger partial charge in [-0.3, -0.25) is 4.98 Å². The molecule has 0 aliphatic heterocycles. The second-order valence-corrected chi connectivity index (χ2v) is 21.8. The fraction of sp³-hybridized carbons (Fsp3) is 0.130. The molecule has 7 heteroatoms. The van der Waals surface area contributed by atoms with Gasteiger partial charge in [0.1, 0.15) is 5.58 Å². The van der Waals surface area contributed by atoms with Crippen molar-refractivity contribution in [1.82, 2.24) is 4.98 Å². The number of fused-ring (bicyclic) bond motifs is 4. The van der Waals surface area contributed by atoms with Crippen LogP contribution in [0.15, 0.2) is 138 Å². The molecule has 0 aliphatic carbocycles. The zero-order chi connectivity index (χ0) is 42.5. The van der Waals surface area contributed by atoms with Crippen molar-refractivity contribution < 1.29 is 38.4 Å². The fourth-order valence-electron chi connectivity index (χ4n) is 8.21. The number of hydrogen-bond acceptors (Lipinski definition) is 3. The molecule has 4 heterocycles. The van der Waals surface area contributed by atoms with Gasteiger partial charge in [0.25, 0.3) is 0 Å². The van der Waals surface area contributed by atoms with Gasteiger partial charge in [-0.2, -0.15) is 37.1 Å². The SMILES string of the molecule is [CH2-]c1cc(C)c2c(oc3c(-c4cccc(-c5cc(C)nc(C)c5)c4)cccc32)c1-c1cc2ccccc2c[n+]1[CH2-].[CH2-]c1ccc(OC)cc1-c1ccc([Si](C)(C)C)c[n+]1[CH2-].[Ir]. The van der Waals surface area contributed by atoms with Crippen LogP contribution in [0.1, 0.15) is 28.1 Å². The third-order valence-corrected chi connectivity index (χ3v) is 13.3. The minimum atomic E-state index is -1.32. The maximum atomic E-state index is 6.84. The zero-order valence-electron chi connectivity index (χ0n) is 36.0. The first kappa shape index (κ1) is 42.9. The van der Waals surface area contributed by atoms with Gasteiger partial charge >= 0.3 is 0 Å². The van der Waals surface area contributed by atoms with Gasteiger partial charge in [0.05, 0.1) is 50.3 Å². The van der Waals surface area contributed by atoms with Crippen molar-refractivity contribution in [1.29, 1.82) is 0 Å². The first-order chi connectivity index (χ1) is 28.7. The molecule has 9 aromatic rings. The van der Waals surface area contributed by atoms with Gasteiger partial charge in [-0.15, -0.1) is 5.56 Å². The maximum Gasteiger partial charge on any atom is 0.141 e. The van der Waals surface area contributed by atoms with Gasteiger partial charge in [-0.25, -0.2) is 0 Å². The van der Waals surface area contributed by atoms with Crippen LogP contribution in [0, 0.1) is 48.7 Å². The maximum absolute atomic E-state index is 6.84. The van der Waals surface area contributed by atoms with Gasteiger partial charge < -0.3 is 18.3 Å². The van der Waals surface area contributed by atoms with Crippen molar-refractivity contribution >= 4 is 46.0 Å². The summed E-state index contributed by atoms with van der Waals surface area (Å²) in [5.74, 6) is 0.835. The van der Waals surface area contributed by atoms with E-state index in [4.69, 9.17) is 9.15 Å². The summed E-state index contributed by atoms with van der Waals surface area (Å²) >= 11 is 0. The Labute approximate surface area is 375 Å². The van der Waals surface area contributed by atoms with E-state index in [1.807, 2.05) is 47.2 Å². The van der Waals surface area contributed by atoms with E-state index in [1.165, 1.54) is 10.8 Å². The number of nitrogens with zero attached hydrogens (tertiary/aromatic N) is 3.